The highest BCUT2D eigenvalue weighted by molar-refractivity contribution is 4.87. The van der Waals surface area contributed by atoms with Crippen molar-refractivity contribution >= 4 is 0 Å². The van der Waals surface area contributed by atoms with Crippen molar-refractivity contribution in [2.75, 3.05) is 0 Å². The minimum Gasteiger partial charge on any atom is -0.267 e. The van der Waals surface area contributed by atoms with E-state index in [4.69, 9.17) is 0 Å². The van der Waals surface area contributed by atoms with E-state index in [-0.39, 0.29) is 5.54 Å². The predicted molar refractivity (Wildman–Crippen MR) is 51.1 cm³/mol. The molecule has 0 aliphatic carbocycles. The number of rotatable bonds is 4. The minimum atomic E-state index is 0.220. The largest absolute Gasteiger partial charge is 0.267 e. The summed E-state index contributed by atoms with van der Waals surface area (Å²) < 4.78 is 2.08. The molecule has 0 saturated carbocycles. The smallest absolute Gasteiger partial charge is 0.0596 e. The highest BCUT2D eigenvalue weighted by Crippen LogP contribution is 2.24. The van der Waals surface area contributed by atoms with Crippen molar-refractivity contribution in [1.82, 2.24) is 9.78 Å². The van der Waals surface area contributed by atoms with Crippen LogP contribution in [0.15, 0.2) is 18.5 Å². The standard InChI is InChI=1S/C10H18N2/c1-4-7-10(3,5-2)12-9-6-8-11-12/h6,8-9H,4-5,7H2,1-3H3. The topological polar surface area (TPSA) is 17.8 Å². The Hall–Kier alpha value is -0.790. The van der Waals surface area contributed by atoms with Crippen LogP contribution in [0.1, 0.15) is 40.0 Å². The zero-order valence-electron chi connectivity index (χ0n) is 8.25. The Morgan fingerprint density at radius 2 is 2.17 bits per heavy atom. The number of aromatic nitrogens is 2. The maximum absolute atomic E-state index is 4.29. The molecular formula is C10H18N2. The molecule has 0 saturated heterocycles. The third-order valence-corrected chi connectivity index (χ3v) is 2.61. The summed E-state index contributed by atoms with van der Waals surface area (Å²) >= 11 is 0. The summed E-state index contributed by atoms with van der Waals surface area (Å²) in [5, 5.41) is 4.29. The van der Waals surface area contributed by atoms with Crippen LogP contribution in [0.5, 0.6) is 0 Å². The van der Waals surface area contributed by atoms with E-state index in [0.29, 0.717) is 0 Å². The first kappa shape index (κ1) is 9.30. The molecule has 1 aromatic rings. The molecule has 0 aromatic carbocycles. The lowest BCUT2D eigenvalue weighted by atomic mass is 9.93. The Balaban J connectivity index is 2.80. The Bertz CT molecular complexity index is 216. The van der Waals surface area contributed by atoms with Crippen molar-refractivity contribution in [2.24, 2.45) is 0 Å². The monoisotopic (exact) mass is 166 g/mol. The van der Waals surface area contributed by atoms with Crippen molar-refractivity contribution in [3.63, 3.8) is 0 Å². The van der Waals surface area contributed by atoms with Gasteiger partial charge in [-0.1, -0.05) is 20.3 Å². The van der Waals surface area contributed by atoms with Crippen LogP contribution in [-0.4, -0.2) is 9.78 Å². The third-order valence-electron chi connectivity index (χ3n) is 2.61. The van der Waals surface area contributed by atoms with Crippen molar-refractivity contribution in [1.29, 1.82) is 0 Å². The van der Waals surface area contributed by atoms with Crippen molar-refractivity contribution in [3.8, 4) is 0 Å². The molecular weight excluding hydrogens is 148 g/mol. The second-order valence-corrected chi connectivity index (χ2v) is 3.55. The molecule has 0 amide bonds. The second-order valence-electron chi connectivity index (χ2n) is 3.55. The van der Waals surface area contributed by atoms with Crippen LogP contribution in [0.3, 0.4) is 0 Å². The van der Waals surface area contributed by atoms with Gasteiger partial charge in [0.05, 0.1) is 5.54 Å². The van der Waals surface area contributed by atoms with E-state index in [0.717, 1.165) is 6.42 Å². The van der Waals surface area contributed by atoms with Gasteiger partial charge in [-0.2, -0.15) is 5.10 Å². The zero-order valence-corrected chi connectivity index (χ0v) is 8.25. The van der Waals surface area contributed by atoms with E-state index in [1.807, 2.05) is 12.3 Å². The lowest BCUT2D eigenvalue weighted by molar-refractivity contribution is 0.251. The molecule has 1 rings (SSSR count). The minimum absolute atomic E-state index is 0.220. The first-order valence-corrected chi connectivity index (χ1v) is 4.73. The molecule has 68 valence electrons. The summed E-state index contributed by atoms with van der Waals surface area (Å²) in [4.78, 5) is 0. The molecule has 12 heavy (non-hydrogen) atoms. The van der Waals surface area contributed by atoms with Gasteiger partial charge in [-0.25, -0.2) is 0 Å². The first-order chi connectivity index (χ1) is 5.73. The molecule has 2 heteroatoms. The van der Waals surface area contributed by atoms with Crippen molar-refractivity contribution in [3.05, 3.63) is 18.5 Å². The molecule has 0 aliphatic heterocycles. The maximum Gasteiger partial charge on any atom is 0.0596 e. The average molecular weight is 166 g/mol. The first-order valence-electron chi connectivity index (χ1n) is 4.73. The molecule has 1 unspecified atom stereocenters. The fraction of sp³-hybridized carbons (Fsp3) is 0.700. The summed E-state index contributed by atoms with van der Waals surface area (Å²) in [6.07, 6.45) is 7.46. The summed E-state index contributed by atoms with van der Waals surface area (Å²) in [5.74, 6) is 0. The van der Waals surface area contributed by atoms with Gasteiger partial charge < -0.3 is 0 Å². The number of hydrogen-bond donors (Lipinski definition) is 0. The molecule has 0 spiro atoms. The highest BCUT2D eigenvalue weighted by atomic mass is 15.3. The maximum atomic E-state index is 4.29. The lowest BCUT2D eigenvalue weighted by Gasteiger charge is -2.28. The van der Waals surface area contributed by atoms with E-state index in [1.54, 1.807) is 0 Å². The second kappa shape index (κ2) is 3.74. The van der Waals surface area contributed by atoms with E-state index in [9.17, 15) is 0 Å². The van der Waals surface area contributed by atoms with Gasteiger partial charge in [-0.3, -0.25) is 4.68 Å². The predicted octanol–water partition coefficient (Wildman–Crippen LogP) is 2.81. The molecule has 1 aromatic heterocycles. The van der Waals surface area contributed by atoms with E-state index >= 15 is 0 Å². The summed E-state index contributed by atoms with van der Waals surface area (Å²) in [7, 11) is 0. The van der Waals surface area contributed by atoms with Gasteiger partial charge in [0.25, 0.3) is 0 Å². The van der Waals surface area contributed by atoms with Crippen LogP contribution in [0.25, 0.3) is 0 Å². The molecule has 1 atom stereocenters. The van der Waals surface area contributed by atoms with Gasteiger partial charge in [0, 0.05) is 12.4 Å². The van der Waals surface area contributed by atoms with Crippen LogP contribution in [0.4, 0.5) is 0 Å². The number of nitrogens with zero attached hydrogens (tertiary/aromatic N) is 2. The van der Waals surface area contributed by atoms with Crippen LogP contribution < -0.4 is 0 Å². The molecule has 0 fully saturated rings. The van der Waals surface area contributed by atoms with Gasteiger partial charge in [0.2, 0.25) is 0 Å². The lowest BCUT2D eigenvalue weighted by Crippen LogP contribution is -2.29. The quantitative estimate of drug-likeness (QED) is 0.672. The summed E-state index contributed by atoms with van der Waals surface area (Å²) in [6.45, 7) is 6.71. The molecule has 0 bridgehead atoms. The van der Waals surface area contributed by atoms with Crippen LogP contribution in [0, 0.1) is 0 Å². The Labute approximate surface area is 74.6 Å². The van der Waals surface area contributed by atoms with Gasteiger partial charge in [-0.05, 0) is 25.8 Å². The summed E-state index contributed by atoms with van der Waals surface area (Å²) in [6, 6.07) is 1.99. The molecule has 1 heterocycles. The van der Waals surface area contributed by atoms with Gasteiger partial charge >= 0.3 is 0 Å². The zero-order chi connectivity index (χ0) is 9.03. The van der Waals surface area contributed by atoms with Gasteiger partial charge in [0.1, 0.15) is 0 Å². The van der Waals surface area contributed by atoms with E-state index in [1.165, 1.54) is 12.8 Å². The Kier molecular flexibility index (Phi) is 2.90. The molecule has 0 radical (unpaired) electrons. The van der Waals surface area contributed by atoms with Crippen molar-refractivity contribution in [2.45, 2.75) is 45.6 Å². The van der Waals surface area contributed by atoms with Gasteiger partial charge in [0.15, 0.2) is 0 Å². The van der Waals surface area contributed by atoms with Crippen LogP contribution >= 0.6 is 0 Å². The molecule has 0 N–H and O–H groups in total. The number of hydrogen-bond acceptors (Lipinski definition) is 1. The summed E-state index contributed by atoms with van der Waals surface area (Å²) in [5.41, 5.74) is 0.220. The Morgan fingerprint density at radius 1 is 1.42 bits per heavy atom. The highest BCUT2D eigenvalue weighted by Gasteiger charge is 2.22. The fourth-order valence-corrected chi connectivity index (χ4v) is 1.58. The van der Waals surface area contributed by atoms with Crippen molar-refractivity contribution < 1.29 is 0 Å². The normalized spacial score (nSPS) is 15.9. The van der Waals surface area contributed by atoms with E-state index < -0.39 is 0 Å². The van der Waals surface area contributed by atoms with Crippen LogP contribution in [-0.2, 0) is 5.54 Å². The van der Waals surface area contributed by atoms with Crippen LogP contribution in [0.2, 0.25) is 0 Å². The molecule has 2 nitrogen and oxygen atoms in total. The van der Waals surface area contributed by atoms with Gasteiger partial charge in [-0.15, -0.1) is 0 Å². The van der Waals surface area contributed by atoms with E-state index in [2.05, 4.69) is 36.7 Å². The average Bonchev–Trinajstić information content (AvgIpc) is 2.57. The molecule has 0 aliphatic rings. The third kappa shape index (κ3) is 1.68. The SMILES string of the molecule is CCCC(C)(CC)n1cccn1. The Morgan fingerprint density at radius 3 is 2.58 bits per heavy atom. The fourth-order valence-electron chi connectivity index (χ4n) is 1.58.